The molecular formula is C11H9NS. The van der Waals surface area contributed by atoms with Gasteiger partial charge in [-0.25, -0.2) is 0 Å². The van der Waals surface area contributed by atoms with Gasteiger partial charge in [0, 0.05) is 13.0 Å². The van der Waals surface area contributed by atoms with Gasteiger partial charge in [0.15, 0.2) is 0 Å². The van der Waals surface area contributed by atoms with Crippen LogP contribution < -0.4 is 4.90 Å². The zero-order valence-electron chi connectivity index (χ0n) is 7.16. The van der Waals surface area contributed by atoms with Crippen LogP contribution in [0, 0.1) is 0 Å². The predicted molar refractivity (Wildman–Crippen MR) is 59.1 cm³/mol. The van der Waals surface area contributed by atoms with Crippen molar-refractivity contribution in [3.05, 3.63) is 35.4 Å². The number of hydrogen-bond donors (Lipinski definition) is 0. The van der Waals surface area contributed by atoms with Crippen molar-refractivity contribution in [2.24, 2.45) is 0 Å². The van der Waals surface area contributed by atoms with E-state index in [9.17, 15) is 0 Å². The number of para-hydroxylation sites is 1. The van der Waals surface area contributed by atoms with Crippen LogP contribution in [-0.4, -0.2) is 11.5 Å². The van der Waals surface area contributed by atoms with Crippen molar-refractivity contribution >= 4 is 29.0 Å². The molecule has 0 fully saturated rings. The summed E-state index contributed by atoms with van der Waals surface area (Å²) in [5.74, 6) is 0. The highest BCUT2D eigenvalue weighted by molar-refractivity contribution is 7.80. The minimum atomic E-state index is 0.945. The van der Waals surface area contributed by atoms with Crippen molar-refractivity contribution in [2.45, 2.75) is 6.42 Å². The fourth-order valence-corrected chi connectivity index (χ4v) is 2.40. The Morgan fingerprint density at radius 2 is 2.23 bits per heavy atom. The summed E-state index contributed by atoms with van der Waals surface area (Å²) in [6.45, 7) is 0.947. The molecule has 2 heteroatoms. The molecule has 1 aromatic rings. The van der Waals surface area contributed by atoms with Gasteiger partial charge >= 0.3 is 0 Å². The highest BCUT2D eigenvalue weighted by Gasteiger charge is 2.26. The summed E-state index contributed by atoms with van der Waals surface area (Å²) in [6.07, 6.45) is 5.30. The first-order chi connectivity index (χ1) is 6.36. The van der Waals surface area contributed by atoms with Crippen LogP contribution in [0.1, 0.15) is 11.1 Å². The summed E-state index contributed by atoms with van der Waals surface area (Å²) in [5, 5.41) is 0. The van der Waals surface area contributed by atoms with E-state index in [0.717, 1.165) is 18.0 Å². The van der Waals surface area contributed by atoms with Gasteiger partial charge in [-0.2, -0.15) is 0 Å². The molecule has 0 saturated heterocycles. The molecule has 0 unspecified atom stereocenters. The fourth-order valence-electron chi connectivity index (χ4n) is 2.08. The average molecular weight is 187 g/mol. The van der Waals surface area contributed by atoms with Gasteiger partial charge in [-0.3, -0.25) is 0 Å². The molecule has 0 saturated carbocycles. The maximum Gasteiger partial charge on any atom is 0.0872 e. The third-order valence-corrected chi connectivity index (χ3v) is 3.01. The molecule has 0 aromatic heterocycles. The largest absolute Gasteiger partial charge is 0.331 e. The van der Waals surface area contributed by atoms with E-state index in [2.05, 4.69) is 35.3 Å². The molecule has 0 N–H and O–H groups in total. The zero-order chi connectivity index (χ0) is 8.84. The van der Waals surface area contributed by atoms with Crippen molar-refractivity contribution < 1.29 is 0 Å². The summed E-state index contributed by atoms with van der Waals surface area (Å²) < 4.78 is 0. The van der Waals surface area contributed by atoms with Gasteiger partial charge in [0.25, 0.3) is 0 Å². The molecule has 0 amide bonds. The maximum absolute atomic E-state index is 5.33. The van der Waals surface area contributed by atoms with E-state index in [-0.39, 0.29) is 0 Å². The normalized spacial score (nSPS) is 17.8. The monoisotopic (exact) mass is 187 g/mol. The van der Waals surface area contributed by atoms with Crippen LogP contribution in [0.2, 0.25) is 0 Å². The molecule has 3 rings (SSSR count). The van der Waals surface area contributed by atoms with Gasteiger partial charge < -0.3 is 4.90 Å². The lowest BCUT2D eigenvalue weighted by Crippen LogP contribution is -2.27. The van der Waals surface area contributed by atoms with E-state index < -0.39 is 0 Å². The van der Waals surface area contributed by atoms with Crippen molar-refractivity contribution in [2.75, 3.05) is 11.4 Å². The van der Waals surface area contributed by atoms with E-state index in [0.29, 0.717) is 0 Å². The van der Waals surface area contributed by atoms with Crippen LogP contribution in [0.4, 0.5) is 5.69 Å². The Bertz CT molecular complexity index is 420. The van der Waals surface area contributed by atoms with E-state index in [1.165, 1.54) is 16.8 Å². The molecule has 13 heavy (non-hydrogen) atoms. The van der Waals surface area contributed by atoms with Gasteiger partial charge in [-0.1, -0.05) is 42.6 Å². The quantitative estimate of drug-likeness (QED) is 0.574. The molecule has 0 aliphatic carbocycles. The van der Waals surface area contributed by atoms with E-state index in [1.54, 1.807) is 0 Å². The van der Waals surface area contributed by atoms with Crippen molar-refractivity contribution in [1.82, 2.24) is 0 Å². The molecule has 0 atom stereocenters. The van der Waals surface area contributed by atoms with Gasteiger partial charge in [0.2, 0.25) is 0 Å². The van der Waals surface area contributed by atoms with Crippen molar-refractivity contribution in [1.29, 1.82) is 0 Å². The third kappa shape index (κ3) is 0.893. The lowest BCUT2D eigenvalue weighted by Gasteiger charge is -2.22. The van der Waals surface area contributed by atoms with Crippen LogP contribution >= 0.6 is 12.2 Å². The summed E-state index contributed by atoms with van der Waals surface area (Å²) in [7, 11) is 0. The van der Waals surface area contributed by atoms with Crippen molar-refractivity contribution in [3.8, 4) is 0 Å². The van der Waals surface area contributed by atoms with Crippen LogP contribution in [0.3, 0.4) is 0 Å². The molecule has 2 heterocycles. The van der Waals surface area contributed by atoms with Gasteiger partial charge in [-0.15, -0.1) is 0 Å². The third-order valence-electron chi connectivity index (χ3n) is 2.65. The van der Waals surface area contributed by atoms with Gasteiger partial charge in [-0.05, 0) is 11.1 Å². The van der Waals surface area contributed by atoms with Crippen LogP contribution in [0.25, 0.3) is 6.08 Å². The Morgan fingerprint density at radius 1 is 1.31 bits per heavy atom. The Hall–Kier alpha value is -1.15. The molecule has 0 bridgehead atoms. The first kappa shape index (κ1) is 7.27. The van der Waals surface area contributed by atoms with Crippen LogP contribution in [-0.2, 0) is 6.42 Å². The highest BCUT2D eigenvalue weighted by Crippen LogP contribution is 2.35. The molecule has 2 aliphatic rings. The maximum atomic E-state index is 5.33. The SMILES string of the molecule is S=C1Cc2cccc3c2N1CC=C3. The second-order valence-corrected chi connectivity index (χ2v) is 3.91. The number of anilines is 1. The lowest BCUT2D eigenvalue weighted by molar-refractivity contribution is 1.16. The number of hydrogen-bond acceptors (Lipinski definition) is 1. The minimum Gasteiger partial charge on any atom is -0.331 e. The molecule has 0 radical (unpaired) electrons. The first-order valence-electron chi connectivity index (χ1n) is 4.45. The molecular weight excluding hydrogens is 178 g/mol. The Balaban J connectivity index is 2.32. The van der Waals surface area contributed by atoms with E-state index in [1.807, 2.05) is 0 Å². The standard InChI is InChI=1S/C11H9NS/c13-10-7-9-4-1-3-8-5-2-6-12(10)11(8)9/h1-5H,6-7H2. The van der Waals surface area contributed by atoms with Gasteiger partial charge in [0.1, 0.15) is 0 Å². The second kappa shape index (κ2) is 2.42. The van der Waals surface area contributed by atoms with Crippen LogP contribution in [0.5, 0.6) is 0 Å². The Morgan fingerprint density at radius 3 is 3.15 bits per heavy atom. The number of rotatable bonds is 0. The second-order valence-electron chi connectivity index (χ2n) is 3.44. The molecule has 1 aromatic carbocycles. The van der Waals surface area contributed by atoms with Gasteiger partial charge in [0.05, 0.1) is 10.7 Å². The molecule has 0 spiro atoms. The summed E-state index contributed by atoms with van der Waals surface area (Å²) >= 11 is 5.33. The Kier molecular flexibility index (Phi) is 1.35. The summed E-state index contributed by atoms with van der Waals surface area (Å²) in [5.41, 5.74) is 4.03. The first-order valence-corrected chi connectivity index (χ1v) is 4.86. The van der Waals surface area contributed by atoms with E-state index >= 15 is 0 Å². The van der Waals surface area contributed by atoms with Crippen LogP contribution in [0.15, 0.2) is 24.3 Å². The summed E-state index contributed by atoms with van der Waals surface area (Å²) in [6, 6.07) is 6.43. The molecule has 1 nitrogen and oxygen atoms in total. The smallest absolute Gasteiger partial charge is 0.0872 e. The highest BCUT2D eigenvalue weighted by atomic mass is 32.1. The number of nitrogens with zero attached hydrogens (tertiary/aromatic N) is 1. The number of benzene rings is 1. The summed E-state index contributed by atoms with van der Waals surface area (Å²) in [4.78, 5) is 3.30. The predicted octanol–water partition coefficient (Wildman–Crippen LogP) is 2.40. The number of thiocarbonyl (C=S) groups is 1. The topological polar surface area (TPSA) is 3.24 Å². The van der Waals surface area contributed by atoms with Crippen molar-refractivity contribution in [3.63, 3.8) is 0 Å². The minimum absolute atomic E-state index is 0.945. The zero-order valence-corrected chi connectivity index (χ0v) is 7.97. The Labute approximate surface area is 82.7 Å². The molecule has 2 aliphatic heterocycles. The average Bonchev–Trinajstić information content (AvgIpc) is 2.47. The lowest BCUT2D eigenvalue weighted by atomic mass is 10.1. The fraction of sp³-hybridized carbons (Fsp3) is 0.182. The molecule has 64 valence electrons. The van der Waals surface area contributed by atoms with E-state index in [4.69, 9.17) is 12.2 Å².